The number of amides is 1. The molecule has 11 heteroatoms. The molecule has 2 heterocycles. The third-order valence-electron chi connectivity index (χ3n) is 7.96. The minimum atomic E-state index is -3.42. The number of carbonyl (C=O) groups excluding carboxylic acids is 1. The van der Waals surface area contributed by atoms with Crippen molar-refractivity contribution < 1.29 is 32.3 Å². The van der Waals surface area contributed by atoms with Gasteiger partial charge in [-0.05, 0) is 42.9 Å². The molecule has 1 aromatic rings. The largest absolute Gasteiger partial charge is 0.493 e. The predicted molar refractivity (Wildman–Crippen MR) is 156 cm³/mol. The van der Waals surface area contributed by atoms with Crippen LogP contribution in [-0.2, 0) is 26.0 Å². The van der Waals surface area contributed by atoms with Gasteiger partial charge >= 0.3 is 5.97 Å². The van der Waals surface area contributed by atoms with Gasteiger partial charge in [0.05, 0.1) is 53.0 Å². The Labute approximate surface area is 240 Å². The molecular formula is C29H49N4O6S+. The Morgan fingerprint density at radius 2 is 1.90 bits per heavy atom. The molecule has 2 aliphatic rings. The number of carbonyl (C=O) groups is 2. The zero-order valence-corrected chi connectivity index (χ0v) is 25.7. The van der Waals surface area contributed by atoms with E-state index < -0.39 is 28.0 Å². The first-order valence-corrected chi connectivity index (χ1v) is 16.4. The Morgan fingerprint density at radius 3 is 2.55 bits per heavy atom. The number of nitrogens with zero attached hydrogens (tertiary/aromatic N) is 3. The quantitative estimate of drug-likeness (QED) is 0.227. The zero-order chi connectivity index (χ0) is 29.5. The number of hydrogen-bond donors (Lipinski definition) is 2. The van der Waals surface area contributed by atoms with Crippen LogP contribution < -0.4 is 9.46 Å². The maximum Gasteiger partial charge on any atom is 0.308 e. The van der Waals surface area contributed by atoms with Gasteiger partial charge in [-0.1, -0.05) is 25.5 Å². The highest BCUT2D eigenvalue weighted by molar-refractivity contribution is 7.88. The topological polar surface area (TPSA) is 116 Å². The number of rotatable bonds is 16. The van der Waals surface area contributed by atoms with E-state index in [1.54, 1.807) is 0 Å². The summed E-state index contributed by atoms with van der Waals surface area (Å²) in [7, 11) is 3.07. The Morgan fingerprint density at radius 1 is 1.18 bits per heavy atom. The van der Waals surface area contributed by atoms with E-state index in [0.717, 1.165) is 66.3 Å². The van der Waals surface area contributed by atoms with Gasteiger partial charge in [0.25, 0.3) is 0 Å². The van der Waals surface area contributed by atoms with Gasteiger partial charge in [-0.2, -0.15) is 0 Å². The summed E-state index contributed by atoms with van der Waals surface area (Å²) in [5, 5.41) is 10.4. The number of hydrogen-bond acceptors (Lipinski definition) is 6. The molecule has 0 aromatic heterocycles. The molecule has 0 spiro atoms. The number of aliphatic carboxylic acids is 1. The van der Waals surface area contributed by atoms with E-state index in [9.17, 15) is 23.1 Å². The molecule has 1 amide bonds. The van der Waals surface area contributed by atoms with Crippen LogP contribution in [0.3, 0.4) is 0 Å². The predicted octanol–water partition coefficient (Wildman–Crippen LogP) is 2.14. The van der Waals surface area contributed by atoms with Crippen molar-refractivity contribution in [2.45, 2.75) is 57.4 Å². The molecule has 1 aromatic carbocycles. The summed E-state index contributed by atoms with van der Waals surface area (Å²) >= 11 is 0. The number of nitrogens with one attached hydrogen (secondary N) is 1. The first-order valence-electron chi connectivity index (χ1n) is 14.5. The molecule has 0 radical (unpaired) electrons. The average Bonchev–Trinajstić information content (AvgIpc) is 3.46. The normalized spacial score (nSPS) is 21.3. The molecule has 1 fully saturated rings. The smallest absolute Gasteiger partial charge is 0.308 e. The van der Waals surface area contributed by atoms with Gasteiger partial charge in [-0.15, -0.1) is 0 Å². The lowest BCUT2D eigenvalue weighted by molar-refractivity contribution is -0.870. The summed E-state index contributed by atoms with van der Waals surface area (Å²) in [4.78, 5) is 30.2. The highest BCUT2D eigenvalue weighted by atomic mass is 32.2. The molecule has 2 aliphatic heterocycles. The number of carboxylic acids is 1. The lowest BCUT2D eigenvalue weighted by Gasteiger charge is -2.30. The molecule has 40 heavy (non-hydrogen) atoms. The van der Waals surface area contributed by atoms with Crippen molar-refractivity contribution in [3.63, 3.8) is 0 Å². The zero-order valence-electron chi connectivity index (χ0n) is 24.9. The molecular weight excluding hydrogens is 532 g/mol. The van der Waals surface area contributed by atoms with Crippen LogP contribution in [0.25, 0.3) is 0 Å². The fourth-order valence-corrected chi connectivity index (χ4v) is 6.38. The molecule has 10 nitrogen and oxygen atoms in total. The number of fused-ring (bicyclic) bond motifs is 1. The van der Waals surface area contributed by atoms with Gasteiger partial charge in [0, 0.05) is 44.6 Å². The number of carboxylic acid groups (broad SMARTS) is 1. The fourth-order valence-electron chi connectivity index (χ4n) is 5.89. The first-order chi connectivity index (χ1) is 18.8. The van der Waals surface area contributed by atoms with Crippen molar-refractivity contribution in [3.05, 3.63) is 29.3 Å². The summed E-state index contributed by atoms with van der Waals surface area (Å²) < 4.78 is 32.5. The average molecular weight is 582 g/mol. The molecule has 0 saturated carbocycles. The van der Waals surface area contributed by atoms with Crippen molar-refractivity contribution in [1.82, 2.24) is 14.5 Å². The fraction of sp³-hybridized carbons (Fsp3) is 0.724. The lowest BCUT2D eigenvalue weighted by atomic mass is 9.83. The summed E-state index contributed by atoms with van der Waals surface area (Å²) in [6, 6.07) is 5.41. The van der Waals surface area contributed by atoms with E-state index in [0.29, 0.717) is 32.7 Å². The number of quaternary nitrogens is 1. The van der Waals surface area contributed by atoms with E-state index >= 15 is 0 Å². The number of ether oxygens (including phenoxy) is 1. The maximum absolute atomic E-state index is 13.7. The van der Waals surface area contributed by atoms with E-state index in [1.165, 1.54) is 0 Å². The molecule has 2 N–H and O–H groups in total. The van der Waals surface area contributed by atoms with Gasteiger partial charge in [-0.3, -0.25) is 14.5 Å². The molecule has 3 unspecified atom stereocenters. The van der Waals surface area contributed by atoms with Gasteiger partial charge < -0.3 is 19.2 Å². The second-order valence-electron chi connectivity index (χ2n) is 12.3. The highest BCUT2D eigenvalue weighted by Crippen LogP contribution is 2.41. The van der Waals surface area contributed by atoms with Crippen LogP contribution in [0.4, 0.5) is 0 Å². The molecule has 3 rings (SSSR count). The third-order valence-corrected chi connectivity index (χ3v) is 8.69. The summed E-state index contributed by atoms with van der Waals surface area (Å²) in [5.41, 5.74) is 2.00. The first kappa shape index (κ1) is 32.3. The molecule has 3 atom stereocenters. The van der Waals surface area contributed by atoms with Crippen molar-refractivity contribution in [3.8, 4) is 5.75 Å². The lowest BCUT2D eigenvalue weighted by Crippen LogP contribution is -2.45. The van der Waals surface area contributed by atoms with Crippen molar-refractivity contribution in [2.24, 2.45) is 5.92 Å². The van der Waals surface area contributed by atoms with E-state index in [-0.39, 0.29) is 24.9 Å². The molecule has 226 valence electrons. The molecule has 0 bridgehead atoms. The summed E-state index contributed by atoms with van der Waals surface area (Å²) in [6.07, 6.45) is 6.03. The van der Waals surface area contributed by atoms with E-state index in [4.69, 9.17) is 4.74 Å². The Kier molecular flexibility index (Phi) is 11.4. The summed E-state index contributed by atoms with van der Waals surface area (Å²) in [5.74, 6) is -1.15. The van der Waals surface area contributed by atoms with Crippen LogP contribution in [0.1, 0.15) is 56.1 Å². The maximum atomic E-state index is 13.7. The highest BCUT2D eigenvalue weighted by Gasteiger charge is 2.47. The van der Waals surface area contributed by atoms with E-state index in [2.05, 4.69) is 32.8 Å². The summed E-state index contributed by atoms with van der Waals surface area (Å²) in [6.45, 7) is 5.79. The van der Waals surface area contributed by atoms with Crippen LogP contribution >= 0.6 is 0 Å². The van der Waals surface area contributed by atoms with Gasteiger partial charge in [0.1, 0.15) is 5.75 Å². The molecule has 1 saturated heterocycles. The van der Waals surface area contributed by atoms with Crippen molar-refractivity contribution in [2.75, 3.05) is 73.3 Å². The van der Waals surface area contributed by atoms with Crippen LogP contribution in [0.2, 0.25) is 0 Å². The van der Waals surface area contributed by atoms with Gasteiger partial charge in [-0.25, -0.2) is 13.1 Å². The van der Waals surface area contributed by atoms with Crippen molar-refractivity contribution >= 4 is 21.9 Å². The monoisotopic (exact) mass is 581 g/mol. The van der Waals surface area contributed by atoms with Crippen LogP contribution in [0, 0.1) is 5.92 Å². The van der Waals surface area contributed by atoms with Crippen molar-refractivity contribution in [1.29, 1.82) is 0 Å². The van der Waals surface area contributed by atoms with Gasteiger partial charge in [0.2, 0.25) is 15.9 Å². The number of unbranched alkanes of at least 4 members (excludes halogenated alkanes) is 2. The Hall–Kier alpha value is -2.21. The van der Waals surface area contributed by atoms with Gasteiger partial charge in [0.15, 0.2) is 0 Å². The second kappa shape index (κ2) is 14.1. The second-order valence-corrected chi connectivity index (χ2v) is 14.2. The number of benzene rings is 1. The third kappa shape index (κ3) is 9.43. The Balaban J connectivity index is 1.80. The number of likely N-dealkylation sites (tertiary alicyclic amines) is 1. The SMILES string of the molecule is CCCCN(CCCC[N+](C)(C)C)C(=O)CN1CC(c2ccc3c(c2)CCO3)C(C(=O)O)C1CCNS(C)(=O)=O. The van der Waals surface area contributed by atoms with Crippen LogP contribution in [0.5, 0.6) is 5.75 Å². The van der Waals surface area contributed by atoms with E-state index in [1.807, 2.05) is 28.0 Å². The standard InChI is InChI=1S/C29H48N4O6S/c1-6-7-15-31(16-8-9-17-33(2,3)4)27(34)21-32-20-24(22-10-11-26-23(19-22)13-18-39-26)28(29(35)36)25(32)12-14-30-40(5,37)38/h10-11,19,24-25,28,30H,6-9,12-18,20-21H2,1-5H3/p+1. The van der Waals surface area contributed by atoms with Crippen LogP contribution in [-0.4, -0.2) is 119 Å². The molecule has 0 aliphatic carbocycles. The minimum absolute atomic E-state index is 0.00640. The van der Waals surface area contributed by atoms with Crippen LogP contribution in [0.15, 0.2) is 18.2 Å². The number of sulfonamides is 1. The Bertz CT molecular complexity index is 1120. The minimum Gasteiger partial charge on any atom is -0.493 e.